The van der Waals surface area contributed by atoms with Crippen LogP contribution in [0, 0.1) is 0 Å². The molecule has 2 fully saturated rings. The molecule has 1 aromatic heterocycles. The largest absolute Gasteiger partial charge is 0.360 e. The number of rotatable bonds is 3. The van der Waals surface area contributed by atoms with Crippen LogP contribution in [0.4, 0.5) is 11.5 Å². The van der Waals surface area contributed by atoms with Gasteiger partial charge < -0.3 is 15.5 Å². The van der Waals surface area contributed by atoms with Crippen LogP contribution in [-0.4, -0.2) is 29.2 Å². The molecule has 4 nitrogen and oxygen atoms in total. The van der Waals surface area contributed by atoms with Crippen molar-refractivity contribution in [1.29, 1.82) is 0 Å². The molecule has 114 valence electrons. The number of anilines is 2. The molecule has 2 aliphatic rings. The van der Waals surface area contributed by atoms with Crippen molar-refractivity contribution in [2.75, 3.05) is 23.3 Å². The molecule has 5 heteroatoms. The third-order valence-corrected chi connectivity index (χ3v) is 4.60. The second kappa shape index (κ2) is 7.07. The Hall–Kier alpha value is -1.36. The van der Waals surface area contributed by atoms with Gasteiger partial charge in [0.05, 0.1) is 11.9 Å². The zero-order chi connectivity index (χ0) is 14.5. The predicted octanol–water partition coefficient (Wildman–Crippen LogP) is 3.30. The van der Waals surface area contributed by atoms with Gasteiger partial charge in [0.15, 0.2) is 5.11 Å². The van der Waals surface area contributed by atoms with Crippen LogP contribution in [0.25, 0.3) is 0 Å². The number of hydrogen-bond donors (Lipinski definition) is 2. The van der Waals surface area contributed by atoms with Crippen LogP contribution in [0.5, 0.6) is 0 Å². The van der Waals surface area contributed by atoms with Gasteiger partial charge in [-0.25, -0.2) is 4.98 Å². The van der Waals surface area contributed by atoms with Gasteiger partial charge in [0, 0.05) is 19.1 Å². The van der Waals surface area contributed by atoms with Gasteiger partial charge in [-0.3, -0.25) is 0 Å². The lowest BCUT2D eigenvalue weighted by Gasteiger charge is -2.24. The van der Waals surface area contributed by atoms with Gasteiger partial charge in [-0.1, -0.05) is 19.3 Å². The molecule has 0 amide bonds. The Labute approximate surface area is 132 Å². The fourth-order valence-electron chi connectivity index (χ4n) is 3.19. The highest BCUT2D eigenvalue weighted by Gasteiger charge is 2.15. The summed E-state index contributed by atoms with van der Waals surface area (Å²) in [6.07, 6.45) is 10.9. The average molecular weight is 304 g/mol. The molecule has 1 saturated carbocycles. The predicted molar refractivity (Wildman–Crippen MR) is 91.9 cm³/mol. The summed E-state index contributed by atoms with van der Waals surface area (Å²) in [6, 6.07) is 4.68. The zero-order valence-electron chi connectivity index (χ0n) is 12.5. The summed E-state index contributed by atoms with van der Waals surface area (Å²) in [7, 11) is 0. The highest BCUT2D eigenvalue weighted by molar-refractivity contribution is 7.80. The number of aromatic nitrogens is 1. The first-order valence-corrected chi connectivity index (χ1v) is 8.50. The molecule has 21 heavy (non-hydrogen) atoms. The van der Waals surface area contributed by atoms with Gasteiger partial charge in [0.2, 0.25) is 0 Å². The summed E-state index contributed by atoms with van der Waals surface area (Å²) in [5.74, 6) is 1.07. The quantitative estimate of drug-likeness (QED) is 0.839. The first kappa shape index (κ1) is 14.6. The van der Waals surface area contributed by atoms with Crippen LogP contribution in [0.2, 0.25) is 0 Å². The van der Waals surface area contributed by atoms with Crippen molar-refractivity contribution in [2.24, 2.45) is 0 Å². The maximum atomic E-state index is 5.40. The van der Waals surface area contributed by atoms with Gasteiger partial charge in [-0.05, 0) is 50.0 Å². The number of nitrogens with zero attached hydrogens (tertiary/aromatic N) is 2. The van der Waals surface area contributed by atoms with E-state index in [1.54, 1.807) is 0 Å². The van der Waals surface area contributed by atoms with E-state index in [0.717, 1.165) is 29.7 Å². The molecular formula is C16H24N4S. The van der Waals surface area contributed by atoms with Crippen LogP contribution in [-0.2, 0) is 0 Å². The van der Waals surface area contributed by atoms with Gasteiger partial charge in [-0.15, -0.1) is 0 Å². The molecule has 3 rings (SSSR count). The zero-order valence-corrected chi connectivity index (χ0v) is 13.3. The Bertz CT molecular complexity index is 462. The van der Waals surface area contributed by atoms with Crippen LogP contribution >= 0.6 is 12.2 Å². The van der Waals surface area contributed by atoms with Crippen LogP contribution in [0.15, 0.2) is 18.3 Å². The SMILES string of the molecule is S=C(Nc1ccc(N2CCCC2)nc1)NC1CCCCC1. The number of pyridine rings is 1. The third kappa shape index (κ3) is 4.06. The Morgan fingerprint density at radius 1 is 1.10 bits per heavy atom. The minimum absolute atomic E-state index is 0.538. The van der Waals surface area contributed by atoms with E-state index in [4.69, 9.17) is 12.2 Å². The molecule has 0 bridgehead atoms. The maximum Gasteiger partial charge on any atom is 0.171 e. The van der Waals surface area contributed by atoms with E-state index in [0.29, 0.717) is 6.04 Å². The summed E-state index contributed by atoms with van der Waals surface area (Å²) in [5, 5.41) is 7.39. The monoisotopic (exact) mass is 304 g/mol. The second-order valence-electron chi connectivity index (χ2n) is 6.03. The van der Waals surface area contributed by atoms with Gasteiger partial charge in [0.1, 0.15) is 5.82 Å². The van der Waals surface area contributed by atoms with Crippen molar-refractivity contribution < 1.29 is 0 Å². The molecule has 0 unspecified atom stereocenters. The standard InChI is InChI=1S/C16H24N4S/c21-16(18-13-6-2-1-3-7-13)19-14-8-9-15(17-12-14)20-10-4-5-11-20/h8-9,12-13H,1-7,10-11H2,(H2,18,19,21). The second-order valence-corrected chi connectivity index (χ2v) is 6.44. The molecule has 1 aliphatic carbocycles. The summed E-state index contributed by atoms with van der Waals surface area (Å²) in [5.41, 5.74) is 0.964. The Kier molecular flexibility index (Phi) is 4.91. The van der Waals surface area contributed by atoms with Crippen LogP contribution in [0.1, 0.15) is 44.9 Å². The molecule has 0 spiro atoms. The fraction of sp³-hybridized carbons (Fsp3) is 0.625. The molecule has 0 aromatic carbocycles. The maximum absolute atomic E-state index is 5.40. The smallest absolute Gasteiger partial charge is 0.171 e. The normalized spacial score (nSPS) is 19.5. The van der Waals surface area contributed by atoms with Crippen molar-refractivity contribution in [3.8, 4) is 0 Å². The van der Waals surface area contributed by atoms with E-state index < -0.39 is 0 Å². The van der Waals surface area contributed by atoms with Gasteiger partial charge in [-0.2, -0.15) is 0 Å². The van der Waals surface area contributed by atoms with Crippen LogP contribution in [0.3, 0.4) is 0 Å². The molecule has 1 aliphatic heterocycles. The average Bonchev–Trinajstić information content (AvgIpc) is 3.03. The summed E-state index contributed by atoms with van der Waals surface area (Å²) in [4.78, 5) is 6.87. The van der Waals surface area contributed by atoms with E-state index in [1.807, 2.05) is 6.20 Å². The van der Waals surface area contributed by atoms with E-state index in [2.05, 4.69) is 32.7 Å². The van der Waals surface area contributed by atoms with Crippen molar-refractivity contribution in [3.05, 3.63) is 18.3 Å². The lowest BCUT2D eigenvalue weighted by Crippen LogP contribution is -2.38. The highest BCUT2D eigenvalue weighted by atomic mass is 32.1. The van der Waals surface area contributed by atoms with Crippen molar-refractivity contribution in [1.82, 2.24) is 10.3 Å². The molecule has 2 heterocycles. The molecule has 1 aromatic rings. The number of nitrogens with one attached hydrogen (secondary N) is 2. The summed E-state index contributed by atoms with van der Waals surface area (Å²) < 4.78 is 0. The van der Waals surface area contributed by atoms with E-state index in [9.17, 15) is 0 Å². The topological polar surface area (TPSA) is 40.2 Å². The minimum Gasteiger partial charge on any atom is -0.360 e. The lowest BCUT2D eigenvalue weighted by molar-refractivity contribution is 0.415. The van der Waals surface area contributed by atoms with Gasteiger partial charge in [0.25, 0.3) is 0 Å². The Morgan fingerprint density at radius 3 is 2.52 bits per heavy atom. The van der Waals surface area contributed by atoms with E-state index >= 15 is 0 Å². The van der Waals surface area contributed by atoms with E-state index in [1.165, 1.54) is 44.9 Å². The van der Waals surface area contributed by atoms with Crippen molar-refractivity contribution in [3.63, 3.8) is 0 Å². The molecule has 0 atom stereocenters. The van der Waals surface area contributed by atoms with E-state index in [-0.39, 0.29) is 0 Å². The van der Waals surface area contributed by atoms with Gasteiger partial charge >= 0.3 is 0 Å². The first-order chi connectivity index (χ1) is 10.3. The highest BCUT2D eigenvalue weighted by Crippen LogP contribution is 2.20. The number of thiocarbonyl (C=S) groups is 1. The number of hydrogen-bond acceptors (Lipinski definition) is 3. The molecule has 0 radical (unpaired) electrons. The lowest BCUT2D eigenvalue weighted by atomic mass is 9.96. The Morgan fingerprint density at radius 2 is 1.86 bits per heavy atom. The fourth-order valence-corrected chi connectivity index (χ4v) is 3.48. The Balaban J connectivity index is 1.50. The summed E-state index contributed by atoms with van der Waals surface area (Å²) >= 11 is 5.40. The summed E-state index contributed by atoms with van der Waals surface area (Å²) in [6.45, 7) is 2.25. The minimum atomic E-state index is 0.538. The molecular weight excluding hydrogens is 280 g/mol. The van der Waals surface area contributed by atoms with Crippen molar-refractivity contribution >= 4 is 28.8 Å². The van der Waals surface area contributed by atoms with Crippen LogP contribution < -0.4 is 15.5 Å². The first-order valence-electron chi connectivity index (χ1n) is 8.10. The van der Waals surface area contributed by atoms with Crippen molar-refractivity contribution in [2.45, 2.75) is 51.0 Å². The molecule has 1 saturated heterocycles. The third-order valence-electron chi connectivity index (χ3n) is 4.38. The molecule has 2 N–H and O–H groups in total.